The lowest BCUT2D eigenvalue weighted by Crippen LogP contribution is -2.28. The van der Waals surface area contributed by atoms with Crippen LogP contribution in [-0.4, -0.2) is 16.7 Å². The quantitative estimate of drug-likeness (QED) is 0.721. The molecular formula is C16H15NO2. The van der Waals surface area contributed by atoms with E-state index in [4.69, 9.17) is 0 Å². The van der Waals surface area contributed by atoms with Gasteiger partial charge in [-0.3, -0.25) is 9.59 Å². The minimum absolute atomic E-state index is 0.217. The second-order valence-corrected chi connectivity index (χ2v) is 5.04. The molecule has 3 heteroatoms. The van der Waals surface area contributed by atoms with Crippen LogP contribution in [0.25, 0.3) is 0 Å². The second-order valence-electron chi connectivity index (χ2n) is 5.04. The maximum Gasteiger partial charge on any atom is 0.266 e. The number of amides is 2. The fourth-order valence-corrected chi connectivity index (χ4v) is 2.57. The Balaban J connectivity index is 2.04. The lowest BCUT2D eigenvalue weighted by molar-refractivity contribution is 0.0709. The van der Waals surface area contributed by atoms with Gasteiger partial charge in [0, 0.05) is 5.70 Å². The summed E-state index contributed by atoms with van der Waals surface area (Å²) < 4.78 is 0. The molecule has 3 nitrogen and oxygen atoms in total. The summed E-state index contributed by atoms with van der Waals surface area (Å²) >= 11 is 0. The van der Waals surface area contributed by atoms with Gasteiger partial charge in [-0.2, -0.15) is 0 Å². The molecule has 0 bridgehead atoms. The monoisotopic (exact) mass is 253 g/mol. The van der Waals surface area contributed by atoms with Crippen LogP contribution in [0.1, 0.15) is 40.5 Å². The second kappa shape index (κ2) is 4.50. The van der Waals surface area contributed by atoms with Gasteiger partial charge in [-0.25, -0.2) is 4.90 Å². The first kappa shape index (κ1) is 11.9. The Kier molecular flexibility index (Phi) is 2.82. The molecule has 1 heterocycles. The van der Waals surface area contributed by atoms with Crippen molar-refractivity contribution in [3.05, 3.63) is 59.3 Å². The molecule has 0 aromatic heterocycles. The minimum atomic E-state index is -0.217. The SMILES string of the molecule is CC1C=C(N2C(=O)c3ccccc3C2=O)C=CCC1. The van der Waals surface area contributed by atoms with E-state index in [1.807, 2.05) is 18.2 Å². The molecule has 96 valence electrons. The van der Waals surface area contributed by atoms with Crippen molar-refractivity contribution in [3.63, 3.8) is 0 Å². The Bertz CT molecular complexity index is 578. The number of allylic oxidation sites excluding steroid dienone is 3. The fraction of sp³-hybridized carbons (Fsp3) is 0.250. The molecule has 1 aromatic carbocycles. The Morgan fingerprint density at radius 3 is 2.37 bits per heavy atom. The van der Waals surface area contributed by atoms with E-state index in [0.29, 0.717) is 22.7 Å². The number of nitrogens with zero attached hydrogens (tertiary/aromatic N) is 1. The Labute approximate surface area is 112 Å². The molecule has 2 amide bonds. The molecule has 1 atom stereocenters. The summed E-state index contributed by atoms with van der Waals surface area (Å²) in [7, 11) is 0. The highest BCUT2D eigenvalue weighted by Crippen LogP contribution is 2.28. The number of fused-ring (bicyclic) bond motifs is 1. The highest BCUT2D eigenvalue weighted by molar-refractivity contribution is 6.22. The van der Waals surface area contributed by atoms with Gasteiger partial charge in [0.05, 0.1) is 11.1 Å². The predicted molar refractivity (Wildman–Crippen MR) is 72.6 cm³/mol. The highest BCUT2D eigenvalue weighted by atomic mass is 16.2. The first-order valence-electron chi connectivity index (χ1n) is 6.54. The molecule has 0 N–H and O–H groups in total. The normalized spacial score (nSPS) is 22.3. The number of hydrogen-bond acceptors (Lipinski definition) is 2. The minimum Gasteiger partial charge on any atom is -0.268 e. The van der Waals surface area contributed by atoms with Crippen LogP contribution in [0.3, 0.4) is 0 Å². The summed E-state index contributed by atoms with van der Waals surface area (Å²) in [5.41, 5.74) is 1.70. The zero-order valence-electron chi connectivity index (χ0n) is 10.8. The smallest absolute Gasteiger partial charge is 0.266 e. The maximum absolute atomic E-state index is 12.4. The topological polar surface area (TPSA) is 37.4 Å². The van der Waals surface area contributed by atoms with Gasteiger partial charge in [-0.15, -0.1) is 0 Å². The van der Waals surface area contributed by atoms with Gasteiger partial charge in [0.1, 0.15) is 0 Å². The Hall–Kier alpha value is -2.16. The third-order valence-electron chi connectivity index (χ3n) is 3.58. The molecule has 2 aliphatic rings. The molecule has 0 saturated heterocycles. The van der Waals surface area contributed by atoms with E-state index in [1.165, 1.54) is 4.90 Å². The number of benzene rings is 1. The summed E-state index contributed by atoms with van der Waals surface area (Å²) in [6.45, 7) is 2.10. The van der Waals surface area contributed by atoms with Gasteiger partial charge >= 0.3 is 0 Å². The number of rotatable bonds is 1. The molecule has 1 aromatic rings. The number of carbonyl (C=O) groups excluding carboxylic acids is 2. The fourth-order valence-electron chi connectivity index (χ4n) is 2.57. The van der Waals surface area contributed by atoms with Crippen LogP contribution in [0.4, 0.5) is 0 Å². The van der Waals surface area contributed by atoms with E-state index in [-0.39, 0.29) is 11.8 Å². The van der Waals surface area contributed by atoms with Crippen molar-refractivity contribution in [2.75, 3.05) is 0 Å². The van der Waals surface area contributed by atoms with Crippen LogP contribution in [0.15, 0.2) is 48.2 Å². The van der Waals surface area contributed by atoms with Crippen LogP contribution in [0, 0.1) is 5.92 Å². The van der Waals surface area contributed by atoms with E-state index in [0.717, 1.165) is 12.8 Å². The van der Waals surface area contributed by atoms with Crippen molar-refractivity contribution in [1.82, 2.24) is 4.90 Å². The first-order valence-corrected chi connectivity index (χ1v) is 6.54. The van der Waals surface area contributed by atoms with Crippen LogP contribution in [0.5, 0.6) is 0 Å². The van der Waals surface area contributed by atoms with Crippen LogP contribution < -0.4 is 0 Å². The first-order chi connectivity index (χ1) is 9.18. The van der Waals surface area contributed by atoms with Crippen LogP contribution >= 0.6 is 0 Å². The van der Waals surface area contributed by atoms with Crippen molar-refractivity contribution in [2.24, 2.45) is 5.92 Å². The molecule has 0 saturated carbocycles. The van der Waals surface area contributed by atoms with Gasteiger partial charge in [0.2, 0.25) is 0 Å². The molecule has 1 aliphatic carbocycles. The molecule has 1 aliphatic heterocycles. The van der Waals surface area contributed by atoms with Gasteiger partial charge in [-0.05, 0) is 37.0 Å². The maximum atomic E-state index is 12.4. The number of hydrogen-bond donors (Lipinski definition) is 0. The van der Waals surface area contributed by atoms with Crippen LogP contribution in [0.2, 0.25) is 0 Å². The van der Waals surface area contributed by atoms with E-state index in [1.54, 1.807) is 24.3 Å². The predicted octanol–water partition coefficient (Wildman–Crippen LogP) is 3.15. The Morgan fingerprint density at radius 2 is 1.74 bits per heavy atom. The van der Waals surface area contributed by atoms with E-state index in [2.05, 4.69) is 6.92 Å². The van der Waals surface area contributed by atoms with E-state index < -0.39 is 0 Å². The molecule has 0 spiro atoms. The lowest BCUT2D eigenvalue weighted by atomic mass is 10.1. The average Bonchev–Trinajstić information content (AvgIpc) is 2.56. The summed E-state index contributed by atoms with van der Waals surface area (Å²) in [5, 5.41) is 0. The van der Waals surface area contributed by atoms with Crippen molar-refractivity contribution in [1.29, 1.82) is 0 Å². The zero-order valence-corrected chi connectivity index (χ0v) is 10.8. The zero-order chi connectivity index (χ0) is 13.4. The number of imide groups is 1. The summed E-state index contributed by atoms with van der Waals surface area (Å²) in [5.74, 6) is -0.0643. The Morgan fingerprint density at radius 1 is 1.11 bits per heavy atom. The summed E-state index contributed by atoms with van der Waals surface area (Å²) in [6, 6.07) is 6.99. The van der Waals surface area contributed by atoms with Crippen molar-refractivity contribution in [3.8, 4) is 0 Å². The van der Waals surface area contributed by atoms with Gasteiger partial charge in [0.25, 0.3) is 11.8 Å². The molecule has 19 heavy (non-hydrogen) atoms. The lowest BCUT2D eigenvalue weighted by Gasteiger charge is -2.15. The van der Waals surface area contributed by atoms with E-state index in [9.17, 15) is 9.59 Å². The largest absolute Gasteiger partial charge is 0.268 e. The van der Waals surface area contributed by atoms with Crippen molar-refractivity contribution < 1.29 is 9.59 Å². The third-order valence-corrected chi connectivity index (χ3v) is 3.58. The van der Waals surface area contributed by atoms with E-state index >= 15 is 0 Å². The van der Waals surface area contributed by atoms with Gasteiger partial charge < -0.3 is 0 Å². The molecule has 0 fully saturated rings. The van der Waals surface area contributed by atoms with Crippen LogP contribution in [-0.2, 0) is 0 Å². The molecule has 1 unspecified atom stereocenters. The summed E-state index contributed by atoms with van der Waals surface area (Å²) in [6.07, 6.45) is 7.93. The standard InChI is InChI=1S/C16H15NO2/c1-11-6-2-3-7-12(10-11)17-15(18)13-8-4-5-9-14(13)16(17)19/h3-5,7-11H,2,6H2,1H3. The highest BCUT2D eigenvalue weighted by Gasteiger charge is 2.36. The molecule has 3 rings (SSSR count). The third kappa shape index (κ3) is 1.91. The average molecular weight is 253 g/mol. The number of carbonyl (C=O) groups is 2. The summed E-state index contributed by atoms with van der Waals surface area (Å²) in [4.78, 5) is 26.0. The van der Waals surface area contributed by atoms with Crippen molar-refractivity contribution in [2.45, 2.75) is 19.8 Å². The molecular weight excluding hydrogens is 238 g/mol. The molecule has 0 radical (unpaired) electrons. The van der Waals surface area contributed by atoms with Gasteiger partial charge in [0.15, 0.2) is 0 Å². The van der Waals surface area contributed by atoms with Gasteiger partial charge in [-0.1, -0.05) is 31.2 Å². The van der Waals surface area contributed by atoms with Crippen molar-refractivity contribution >= 4 is 11.8 Å².